The van der Waals surface area contributed by atoms with Crippen molar-refractivity contribution in [2.45, 2.75) is 19.8 Å². The van der Waals surface area contributed by atoms with Crippen molar-refractivity contribution in [2.24, 2.45) is 11.7 Å². The summed E-state index contributed by atoms with van der Waals surface area (Å²) < 4.78 is 1.04. The monoisotopic (exact) mass is 295 g/mol. The Morgan fingerprint density at radius 2 is 2.29 bits per heavy atom. The van der Waals surface area contributed by atoms with Crippen LogP contribution >= 0.6 is 15.9 Å². The van der Waals surface area contributed by atoms with Gasteiger partial charge in [0.2, 0.25) is 0 Å². The molecular weight excluding hydrogens is 278 g/mol. The van der Waals surface area contributed by atoms with Crippen LogP contribution in [-0.4, -0.2) is 18.9 Å². The second-order valence-electron chi connectivity index (χ2n) is 4.77. The van der Waals surface area contributed by atoms with Gasteiger partial charge in [-0.15, -0.1) is 0 Å². The molecule has 1 heterocycles. The SMILES string of the molecule is CC1CCCN(c2cc(Br)ccc2C(=N)N)C1. The van der Waals surface area contributed by atoms with Crippen LogP contribution in [-0.2, 0) is 0 Å². The number of anilines is 1. The molecule has 1 aliphatic rings. The number of benzene rings is 1. The van der Waals surface area contributed by atoms with Gasteiger partial charge in [-0.25, -0.2) is 0 Å². The predicted molar refractivity (Wildman–Crippen MR) is 75.8 cm³/mol. The fourth-order valence-electron chi connectivity index (χ4n) is 2.40. The van der Waals surface area contributed by atoms with Gasteiger partial charge < -0.3 is 10.6 Å². The molecule has 1 aliphatic heterocycles. The molecule has 1 saturated heterocycles. The van der Waals surface area contributed by atoms with Crippen LogP contribution in [0.1, 0.15) is 25.3 Å². The number of nitrogens with zero attached hydrogens (tertiary/aromatic N) is 1. The molecule has 0 aromatic heterocycles. The quantitative estimate of drug-likeness (QED) is 0.651. The minimum atomic E-state index is 0.144. The number of piperidine rings is 1. The number of nitrogen functional groups attached to an aromatic ring is 1. The van der Waals surface area contributed by atoms with Crippen LogP contribution in [0.3, 0.4) is 0 Å². The Kier molecular flexibility index (Phi) is 3.72. The molecule has 0 amide bonds. The molecule has 92 valence electrons. The average Bonchev–Trinajstić information content (AvgIpc) is 2.28. The van der Waals surface area contributed by atoms with Crippen molar-refractivity contribution in [1.82, 2.24) is 0 Å². The molecule has 0 aliphatic carbocycles. The summed E-state index contributed by atoms with van der Waals surface area (Å²) >= 11 is 3.49. The second kappa shape index (κ2) is 5.08. The van der Waals surface area contributed by atoms with E-state index in [1.807, 2.05) is 12.1 Å². The van der Waals surface area contributed by atoms with E-state index in [-0.39, 0.29) is 5.84 Å². The molecule has 1 aromatic carbocycles. The lowest BCUT2D eigenvalue weighted by Crippen LogP contribution is -2.35. The summed E-state index contributed by atoms with van der Waals surface area (Å²) in [6, 6.07) is 5.92. The molecule has 1 aromatic rings. The Balaban J connectivity index is 2.35. The summed E-state index contributed by atoms with van der Waals surface area (Å²) in [4.78, 5) is 2.34. The van der Waals surface area contributed by atoms with E-state index in [9.17, 15) is 0 Å². The van der Waals surface area contributed by atoms with Crippen molar-refractivity contribution >= 4 is 27.5 Å². The number of hydrogen-bond donors (Lipinski definition) is 2. The highest BCUT2D eigenvalue weighted by atomic mass is 79.9. The Bertz CT molecular complexity index is 431. The van der Waals surface area contributed by atoms with Gasteiger partial charge in [-0.3, -0.25) is 5.41 Å². The van der Waals surface area contributed by atoms with E-state index < -0.39 is 0 Å². The molecule has 0 saturated carbocycles. The van der Waals surface area contributed by atoms with Gasteiger partial charge in [0, 0.05) is 28.8 Å². The van der Waals surface area contributed by atoms with Crippen molar-refractivity contribution < 1.29 is 0 Å². The number of nitrogens with two attached hydrogens (primary N) is 1. The zero-order valence-electron chi connectivity index (χ0n) is 10.0. The van der Waals surface area contributed by atoms with E-state index in [2.05, 4.69) is 33.8 Å². The number of rotatable bonds is 2. The molecule has 17 heavy (non-hydrogen) atoms. The summed E-state index contributed by atoms with van der Waals surface area (Å²) in [7, 11) is 0. The molecule has 0 radical (unpaired) electrons. The summed E-state index contributed by atoms with van der Waals surface area (Å²) in [5, 5.41) is 7.65. The normalized spacial score (nSPS) is 20.4. The lowest BCUT2D eigenvalue weighted by Gasteiger charge is -2.34. The summed E-state index contributed by atoms with van der Waals surface area (Å²) in [5.41, 5.74) is 7.56. The Morgan fingerprint density at radius 3 is 2.94 bits per heavy atom. The smallest absolute Gasteiger partial charge is 0.124 e. The first-order chi connectivity index (χ1) is 8.08. The first-order valence-corrected chi connectivity index (χ1v) is 6.76. The van der Waals surface area contributed by atoms with Crippen molar-refractivity contribution in [3.05, 3.63) is 28.2 Å². The van der Waals surface area contributed by atoms with E-state index in [1.54, 1.807) is 0 Å². The predicted octanol–water partition coefficient (Wildman–Crippen LogP) is 2.97. The highest BCUT2D eigenvalue weighted by Gasteiger charge is 2.19. The maximum absolute atomic E-state index is 7.65. The number of amidine groups is 1. The second-order valence-corrected chi connectivity index (χ2v) is 5.68. The van der Waals surface area contributed by atoms with Gasteiger partial charge in [0.15, 0.2) is 0 Å². The molecule has 4 heteroatoms. The molecule has 1 atom stereocenters. The molecule has 3 nitrogen and oxygen atoms in total. The lowest BCUT2D eigenvalue weighted by molar-refractivity contribution is 0.446. The van der Waals surface area contributed by atoms with Gasteiger partial charge in [-0.05, 0) is 37.0 Å². The minimum Gasteiger partial charge on any atom is -0.384 e. The number of hydrogen-bond acceptors (Lipinski definition) is 2. The third kappa shape index (κ3) is 2.80. The van der Waals surface area contributed by atoms with Crippen molar-refractivity contribution in [2.75, 3.05) is 18.0 Å². The van der Waals surface area contributed by atoms with Crippen LogP contribution in [0.2, 0.25) is 0 Å². The van der Waals surface area contributed by atoms with Gasteiger partial charge in [-0.2, -0.15) is 0 Å². The van der Waals surface area contributed by atoms with Crippen LogP contribution in [0.4, 0.5) is 5.69 Å². The molecule has 0 spiro atoms. The van der Waals surface area contributed by atoms with Gasteiger partial charge in [0.05, 0.1) is 0 Å². The Morgan fingerprint density at radius 1 is 1.53 bits per heavy atom. The summed E-state index contributed by atoms with van der Waals surface area (Å²) in [5.74, 6) is 0.855. The van der Waals surface area contributed by atoms with Crippen LogP contribution < -0.4 is 10.6 Å². The van der Waals surface area contributed by atoms with E-state index in [1.165, 1.54) is 12.8 Å². The Labute approximate surface area is 111 Å². The fourth-order valence-corrected chi connectivity index (χ4v) is 2.75. The first-order valence-electron chi connectivity index (χ1n) is 5.97. The van der Waals surface area contributed by atoms with Gasteiger partial charge >= 0.3 is 0 Å². The van der Waals surface area contributed by atoms with E-state index in [4.69, 9.17) is 11.1 Å². The van der Waals surface area contributed by atoms with Crippen LogP contribution in [0, 0.1) is 11.3 Å². The van der Waals surface area contributed by atoms with E-state index >= 15 is 0 Å². The highest BCUT2D eigenvalue weighted by Crippen LogP contribution is 2.28. The van der Waals surface area contributed by atoms with Crippen LogP contribution in [0.5, 0.6) is 0 Å². The molecule has 1 fully saturated rings. The zero-order valence-corrected chi connectivity index (χ0v) is 11.6. The maximum atomic E-state index is 7.65. The fraction of sp³-hybridized carbons (Fsp3) is 0.462. The Hall–Kier alpha value is -1.03. The molecule has 3 N–H and O–H groups in total. The van der Waals surface area contributed by atoms with Crippen molar-refractivity contribution in [3.63, 3.8) is 0 Å². The minimum absolute atomic E-state index is 0.144. The van der Waals surface area contributed by atoms with Gasteiger partial charge in [0.1, 0.15) is 5.84 Å². The van der Waals surface area contributed by atoms with Crippen LogP contribution in [0.25, 0.3) is 0 Å². The highest BCUT2D eigenvalue weighted by molar-refractivity contribution is 9.10. The average molecular weight is 296 g/mol. The summed E-state index contributed by atoms with van der Waals surface area (Å²) in [6.45, 7) is 4.38. The molecule has 1 unspecified atom stereocenters. The maximum Gasteiger partial charge on any atom is 0.124 e. The molecule has 0 bridgehead atoms. The third-order valence-corrected chi connectivity index (χ3v) is 3.74. The number of nitrogens with one attached hydrogen (secondary N) is 1. The number of halogens is 1. The lowest BCUT2D eigenvalue weighted by atomic mass is 9.98. The molecular formula is C13H18BrN3. The van der Waals surface area contributed by atoms with Gasteiger partial charge in [-0.1, -0.05) is 22.9 Å². The van der Waals surface area contributed by atoms with Gasteiger partial charge in [0.25, 0.3) is 0 Å². The zero-order chi connectivity index (χ0) is 12.4. The first kappa shape index (κ1) is 12.4. The van der Waals surface area contributed by atoms with E-state index in [0.717, 1.165) is 28.8 Å². The standard InChI is InChI=1S/C13H18BrN3/c1-9-3-2-6-17(8-9)12-7-10(14)4-5-11(12)13(15)16/h4-5,7,9H,2-3,6,8H2,1H3,(H3,15,16). The van der Waals surface area contributed by atoms with E-state index in [0.29, 0.717) is 5.92 Å². The van der Waals surface area contributed by atoms with Crippen molar-refractivity contribution in [1.29, 1.82) is 5.41 Å². The van der Waals surface area contributed by atoms with Crippen molar-refractivity contribution in [3.8, 4) is 0 Å². The largest absolute Gasteiger partial charge is 0.384 e. The third-order valence-electron chi connectivity index (χ3n) is 3.25. The molecule has 2 rings (SSSR count). The summed E-state index contributed by atoms with van der Waals surface area (Å²) in [6.07, 6.45) is 2.50. The van der Waals surface area contributed by atoms with Crippen LogP contribution in [0.15, 0.2) is 22.7 Å². The topological polar surface area (TPSA) is 53.1 Å².